The van der Waals surface area contributed by atoms with Gasteiger partial charge in [0.15, 0.2) is 0 Å². The molecule has 0 aliphatic heterocycles. The topological polar surface area (TPSA) is 113 Å². The molecule has 0 fully saturated rings. The van der Waals surface area contributed by atoms with Gasteiger partial charge >= 0.3 is 0 Å². The number of carbonyl (C=O) groups excluding carboxylic acids is 3. The highest BCUT2D eigenvalue weighted by molar-refractivity contribution is 5.76. The van der Waals surface area contributed by atoms with Crippen LogP contribution in [0.2, 0.25) is 0 Å². The van der Waals surface area contributed by atoms with Gasteiger partial charge in [0.25, 0.3) is 0 Å². The lowest BCUT2D eigenvalue weighted by atomic mass is 10.1. The third kappa shape index (κ3) is 19.1. The quantitative estimate of drug-likeness (QED) is 0.250. The van der Waals surface area contributed by atoms with Gasteiger partial charge in [-0.15, -0.1) is 0 Å². The smallest absolute Gasteiger partial charge is 0.220 e. The summed E-state index contributed by atoms with van der Waals surface area (Å²) in [5.41, 5.74) is 5.37. The van der Waals surface area contributed by atoms with E-state index in [2.05, 4.69) is 16.0 Å². The van der Waals surface area contributed by atoms with E-state index in [1.165, 1.54) is 0 Å². The van der Waals surface area contributed by atoms with Crippen molar-refractivity contribution in [3.63, 3.8) is 0 Å². The molecule has 0 aliphatic rings. The van der Waals surface area contributed by atoms with E-state index in [0.717, 1.165) is 83.7 Å². The lowest BCUT2D eigenvalue weighted by Gasteiger charge is -2.06. The van der Waals surface area contributed by atoms with Gasteiger partial charge in [-0.3, -0.25) is 14.4 Å². The number of nitrogens with two attached hydrogens (primary N) is 1. The van der Waals surface area contributed by atoms with Gasteiger partial charge in [-0.25, -0.2) is 0 Å². The standard InChI is InChI=1S/C21H42N4O3/c1-23-19(26)13-8-4-2-6-10-17-24-20(27)14-9-5-3-7-11-18-25-21(28)15-12-16-22/h2-18,22H2,1H3,(H,23,26)(H,24,27)(H,25,28). The van der Waals surface area contributed by atoms with Gasteiger partial charge in [0.1, 0.15) is 0 Å². The summed E-state index contributed by atoms with van der Waals surface area (Å²) >= 11 is 0. The number of hydrogen-bond donors (Lipinski definition) is 4. The van der Waals surface area contributed by atoms with Crippen molar-refractivity contribution in [2.45, 2.75) is 89.9 Å². The van der Waals surface area contributed by atoms with Crippen molar-refractivity contribution in [1.82, 2.24) is 16.0 Å². The molecular formula is C21H42N4O3. The van der Waals surface area contributed by atoms with Gasteiger partial charge < -0.3 is 21.7 Å². The second kappa shape index (κ2) is 20.1. The van der Waals surface area contributed by atoms with Crippen LogP contribution in [-0.2, 0) is 14.4 Å². The van der Waals surface area contributed by atoms with Crippen LogP contribution < -0.4 is 21.7 Å². The summed E-state index contributed by atoms with van der Waals surface area (Å²) in [6.07, 6.45) is 12.8. The van der Waals surface area contributed by atoms with Crippen molar-refractivity contribution < 1.29 is 14.4 Å². The zero-order valence-corrected chi connectivity index (χ0v) is 17.8. The van der Waals surface area contributed by atoms with Crippen LogP contribution in [0, 0.1) is 0 Å². The summed E-state index contributed by atoms with van der Waals surface area (Å²) in [7, 11) is 1.67. The number of unbranched alkanes of at least 4 members (excludes halogenated alkanes) is 8. The van der Waals surface area contributed by atoms with E-state index in [-0.39, 0.29) is 17.7 Å². The molecule has 7 nitrogen and oxygen atoms in total. The lowest BCUT2D eigenvalue weighted by Crippen LogP contribution is -2.24. The fourth-order valence-electron chi connectivity index (χ4n) is 2.90. The van der Waals surface area contributed by atoms with Gasteiger partial charge in [0.2, 0.25) is 17.7 Å². The highest BCUT2D eigenvalue weighted by Crippen LogP contribution is 2.06. The SMILES string of the molecule is CNC(=O)CCCCCCCNC(=O)CCCCCCCNC(=O)CCCN. The monoisotopic (exact) mass is 398 g/mol. The minimum atomic E-state index is 0.0889. The van der Waals surface area contributed by atoms with Crippen LogP contribution in [0.4, 0.5) is 0 Å². The van der Waals surface area contributed by atoms with Gasteiger partial charge in [-0.2, -0.15) is 0 Å². The summed E-state index contributed by atoms with van der Waals surface area (Å²) in [6, 6.07) is 0. The van der Waals surface area contributed by atoms with Crippen molar-refractivity contribution in [2.75, 3.05) is 26.7 Å². The minimum absolute atomic E-state index is 0.0889. The average Bonchev–Trinajstić information content (AvgIpc) is 2.69. The second-order valence-electron chi connectivity index (χ2n) is 7.30. The highest BCUT2D eigenvalue weighted by Gasteiger charge is 2.02. The molecule has 0 bridgehead atoms. The summed E-state index contributed by atoms with van der Waals surface area (Å²) < 4.78 is 0. The van der Waals surface area contributed by atoms with Crippen molar-refractivity contribution in [1.29, 1.82) is 0 Å². The predicted molar refractivity (Wildman–Crippen MR) is 114 cm³/mol. The molecule has 5 N–H and O–H groups in total. The molecule has 7 heteroatoms. The Balaban J connectivity index is 3.27. The zero-order valence-electron chi connectivity index (χ0n) is 17.8. The Labute approximate surface area is 171 Å². The molecule has 0 aromatic heterocycles. The molecule has 0 aromatic rings. The van der Waals surface area contributed by atoms with Crippen molar-refractivity contribution >= 4 is 17.7 Å². The summed E-state index contributed by atoms with van der Waals surface area (Å²) in [5.74, 6) is 0.343. The number of carbonyl (C=O) groups is 3. The lowest BCUT2D eigenvalue weighted by molar-refractivity contribution is -0.122. The van der Waals surface area contributed by atoms with E-state index in [0.29, 0.717) is 25.8 Å². The first kappa shape index (κ1) is 26.4. The molecule has 0 spiro atoms. The van der Waals surface area contributed by atoms with Gasteiger partial charge in [0.05, 0.1) is 0 Å². The normalized spacial score (nSPS) is 10.5. The van der Waals surface area contributed by atoms with E-state index in [4.69, 9.17) is 5.73 Å². The fourth-order valence-corrected chi connectivity index (χ4v) is 2.90. The summed E-state index contributed by atoms with van der Waals surface area (Å²) in [4.78, 5) is 34.2. The van der Waals surface area contributed by atoms with Gasteiger partial charge in [-0.05, 0) is 38.6 Å². The first-order chi connectivity index (χ1) is 13.6. The van der Waals surface area contributed by atoms with E-state index >= 15 is 0 Å². The molecule has 0 rings (SSSR count). The molecule has 0 heterocycles. The Kier molecular flexibility index (Phi) is 18.9. The van der Waals surface area contributed by atoms with Gasteiger partial charge in [0, 0.05) is 39.4 Å². The first-order valence-electron chi connectivity index (χ1n) is 11.0. The van der Waals surface area contributed by atoms with Crippen LogP contribution in [-0.4, -0.2) is 44.4 Å². The van der Waals surface area contributed by atoms with Crippen LogP contribution in [0.3, 0.4) is 0 Å². The molecule has 0 saturated heterocycles. The maximum absolute atomic E-state index is 11.8. The molecule has 0 saturated carbocycles. The third-order valence-corrected chi connectivity index (χ3v) is 4.69. The van der Waals surface area contributed by atoms with Crippen LogP contribution in [0.15, 0.2) is 0 Å². The first-order valence-corrected chi connectivity index (χ1v) is 11.0. The fraction of sp³-hybridized carbons (Fsp3) is 0.857. The maximum Gasteiger partial charge on any atom is 0.220 e. The molecule has 0 atom stereocenters. The largest absolute Gasteiger partial charge is 0.359 e. The second-order valence-corrected chi connectivity index (χ2v) is 7.30. The summed E-state index contributed by atoms with van der Waals surface area (Å²) in [6.45, 7) is 2.04. The van der Waals surface area contributed by atoms with Crippen LogP contribution in [0.5, 0.6) is 0 Å². The Morgan fingerprint density at radius 3 is 1.43 bits per heavy atom. The Bertz CT molecular complexity index is 416. The van der Waals surface area contributed by atoms with E-state index in [1.807, 2.05) is 0 Å². The summed E-state index contributed by atoms with van der Waals surface area (Å²) in [5, 5.41) is 8.51. The number of rotatable bonds is 19. The van der Waals surface area contributed by atoms with Crippen molar-refractivity contribution in [3.8, 4) is 0 Å². The van der Waals surface area contributed by atoms with Gasteiger partial charge in [-0.1, -0.05) is 38.5 Å². The van der Waals surface area contributed by atoms with E-state index in [9.17, 15) is 14.4 Å². The third-order valence-electron chi connectivity index (χ3n) is 4.69. The number of hydrogen-bond acceptors (Lipinski definition) is 4. The van der Waals surface area contributed by atoms with E-state index < -0.39 is 0 Å². The van der Waals surface area contributed by atoms with Crippen molar-refractivity contribution in [3.05, 3.63) is 0 Å². The number of nitrogens with one attached hydrogen (secondary N) is 3. The maximum atomic E-state index is 11.8. The highest BCUT2D eigenvalue weighted by atomic mass is 16.2. The zero-order chi connectivity index (χ0) is 20.9. The Morgan fingerprint density at radius 1 is 0.571 bits per heavy atom. The molecule has 164 valence electrons. The Morgan fingerprint density at radius 2 is 0.964 bits per heavy atom. The molecule has 0 radical (unpaired) electrons. The average molecular weight is 399 g/mol. The molecule has 0 aliphatic carbocycles. The molecule has 28 heavy (non-hydrogen) atoms. The van der Waals surface area contributed by atoms with Crippen LogP contribution in [0.25, 0.3) is 0 Å². The predicted octanol–water partition coefficient (Wildman–Crippen LogP) is 2.38. The van der Waals surface area contributed by atoms with Crippen LogP contribution in [0.1, 0.15) is 89.9 Å². The molecule has 0 aromatic carbocycles. The minimum Gasteiger partial charge on any atom is -0.359 e. The molecular weight excluding hydrogens is 356 g/mol. The van der Waals surface area contributed by atoms with E-state index in [1.54, 1.807) is 7.05 Å². The van der Waals surface area contributed by atoms with Crippen LogP contribution >= 0.6 is 0 Å². The molecule has 0 unspecified atom stereocenters. The van der Waals surface area contributed by atoms with Crippen molar-refractivity contribution in [2.24, 2.45) is 5.73 Å². The molecule has 3 amide bonds. The Hall–Kier alpha value is -1.63. The number of amides is 3.